The molecule has 9 heteroatoms. The Balaban J connectivity index is 1.85. The van der Waals surface area contributed by atoms with Crippen LogP contribution >= 0.6 is 0 Å². The first-order valence-corrected chi connectivity index (χ1v) is 11.5. The van der Waals surface area contributed by atoms with Gasteiger partial charge in [0.15, 0.2) is 0 Å². The molecule has 1 heterocycles. The fourth-order valence-electron chi connectivity index (χ4n) is 4.40. The largest absolute Gasteiger partial charge is 0.443 e. The summed E-state index contributed by atoms with van der Waals surface area (Å²) in [6.45, 7) is 12.1. The lowest BCUT2D eigenvalue weighted by Crippen LogP contribution is -2.59. The highest BCUT2D eigenvalue weighted by molar-refractivity contribution is 5.67. The molecule has 4 atom stereocenters. The molecular formula is C23H42N2O7. The standard InChI is InChI=1S/C23H42N2O7/c1-17(2)7-11-30-22(3,4)20-19(27-5)18(6-8-23(20)16-31-23)32-21(26)25-10-13-29-15-14-28-12-9-24/h7,18-20H,6,8-16,24H2,1-5H3,(H,25,26)/t18?,19?,20?,23-/m0/s1. The Morgan fingerprint density at radius 1 is 1.22 bits per heavy atom. The minimum atomic E-state index is -0.512. The second kappa shape index (κ2) is 12.9. The quantitative estimate of drug-likeness (QED) is 0.231. The van der Waals surface area contributed by atoms with Gasteiger partial charge in [0.2, 0.25) is 0 Å². The molecule has 1 saturated carbocycles. The molecular weight excluding hydrogens is 416 g/mol. The maximum atomic E-state index is 12.4. The van der Waals surface area contributed by atoms with Crippen LogP contribution in [0.3, 0.4) is 0 Å². The van der Waals surface area contributed by atoms with Crippen molar-refractivity contribution >= 4 is 6.09 Å². The zero-order valence-corrected chi connectivity index (χ0v) is 20.3. The molecule has 0 aromatic heterocycles. The van der Waals surface area contributed by atoms with Gasteiger partial charge in [-0.1, -0.05) is 11.6 Å². The first kappa shape index (κ1) is 27.0. The highest BCUT2D eigenvalue weighted by atomic mass is 16.6. The van der Waals surface area contributed by atoms with Gasteiger partial charge in [-0.2, -0.15) is 0 Å². The van der Waals surface area contributed by atoms with Crippen LogP contribution < -0.4 is 11.1 Å². The zero-order chi connectivity index (χ0) is 23.6. The van der Waals surface area contributed by atoms with Gasteiger partial charge in [-0.15, -0.1) is 0 Å². The number of nitrogens with two attached hydrogens (primary N) is 1. The summed E-state index contributed by atoms with van der Waals surface area (Å²) in [5.41, 5.74) is 5.77. The third kappa shape index (κ3) is 7.97. The molecule has 0 aromatic rings. The van der Waals surface area contributed by atoms with Crippen LogP contribution in [0.5, 0.6) is 0 Å². The van der Waals surface area contributed by atoms with Crippen LogP contribution in [0.25, 0.3) is 0 Å². The van der Waals surface area contributed by atoms with E-state index in [1.807, 2.05) is 13.8 Å². The predicted octanol–water partition coefficient (Wildman–Crippen LogP) is 2.03. The summed E-state index contributed by atoms with van der Waals surface area (Å²) in [6, 6.07) is 0. The van der Waals surface area contributed by atoms with Crippen LogP contribution in [0.2, 0.25) is 0 Å². The normalized spacial score (nSPS) is 27.2. The Bertz CT molecular complexity index is 603. The number of nitrogens with one attached hydrogen (secondary N) is 1. The molecule has 2 aliphatic rings. The molecule has 1 aliphatic carbocycles. The van der Waals surface area contributed by atoms with Gasteiger partial charge in [0.05, 0.1) is 50.8 Å². The van der Waals surface area contributed by atoms with Gasteiger partial charge in [-0.3, -0.25) is 0 Å². The number of alkyl carbamates (subject to hydrolysis) is 1. The minimum absolute atomic E-state index is 0.0611. The molecule has 0 radical (unpaired) electrons. The lowest BCUT2D eigenvalue weighted by Gasteiger charge is -2.47. The number of allylic oxidation sites excluding steroid dienone is 1. The average molecular weight is 459 g/mol. The van der Waals surface area contributed by atoms with E-state index in [9.17, 15) is 4.79 Å². The van der Waals surface area contributed by atoms with Crippen molar-refractivity contribution in [3.63, 3.8) is 0 Å². The molecule has 3 N–H and O–H groups in total. The summed E-state index contributed by atoms with van der Waals surface area (Å²) in [7, 11) is 1.65. The number of carbonyl (C=O) groups is 1. The molecule has 2 rings (SSSR count). The molecule has 3 unspecified atom stereocenters. The van der Waals surface area contributed by atoms with Crippen molar-refractivity contribution in [2.75, 3.05) is 59.8 Å². The van der Waals surface area contributed by atoms with E-state index in [-0.39, 0.29) is 23.7 Å². The number of rotatable bonds is 14. The van der Waals surface area contributed by atoms with Crippen LogP contribution in [-0.2, 0) is 28.4 Å². The molecule has 0 bridgehead atoms. The number of amides is 1. The van der Waals surface area contributed by atoms with Gasteiger partial charge >= 0.3 is 6.09 Å². The van der Waals surface area contributed by atoms with Crippen LogP contribution in [-0.4, -0.2) is 89.3 Å². The summed E-state index contributed by atoms with van der Waals surface area (Å²) < 4.78 is 34.4. The molecule has 0 aromatic carbocycles. The zero-order valence-electron chi connectivity index (χ0n) is 20.3. The molecule has 1 aliphatic heterocycles. The predicted molar refractivity (Wildman–Crippen MR) is 121 cm³/mol. The third-order valence-corrected chi connectivity index (χ3v) is 6.01. The van der Waals surface area contributed by atoms with Gasteiger partial charge < -0.3 is 39.5 Å². The van der Waals surface area contributed by atoms with Crippen LogP contribution in [0, 0.1) is 5.92 Å². The third-order valence-electron chi connectivity index (χ3n) is 6.01. The highest BCUT2D eigenvalue weighted by Gasteiger charge is 2.64. The second-order valence-electron chi connectivity index (χ2n) is 9.15. The van der Waals surface area contributed by atoms with Crippen molar-refractivity contribution < 1.29 is 33.2 Å². The van der Waals surface area contributed by atoms with Crippen LogP contribution in [0.1, 0.15) is 40.5 Å². The van der Waals surface area contributed by atoms with Crippen molar-refractivity contribution in [2.45, 2.75) is 63.9 Å². The molecule has 1 spiro atoms. The van der Waals surface area contributed by atoms with Gasteiger partial charge in [0.1, 0.15) is 12.2 Å². The van der Waals surface area contributed by atoms with Crippen LogP contribution in [0.15, 0.2) is 11.6 Å². The molecule has 32 heavy (non-hydrogen) atoms. The van der Waals surface area contributed by atoms with E-state index < -0.39 is 11.7 Å². The van der Waals surface area contributed by atoms with E-state index in [4.69, 9.17) is 34.2 Å². The average Bonchev–Trinajstić information content (AvgIpc) is 3.50. The SMILES string of the molecule is COC1C(OC(=O)NCCOCCOCCN)CC[C@]2(CO2)C1C(C)(C)OCC=C(C)C. The van der Waals surface area contributed by atoms with E-state index in [1.165, 1.54) is 5.57 Å². The van der Waals surface area contributed by atoms with Crippen molar-refractivity contribution in [2.24, 2.45) is 11.7 Å². The Labute approximate surface area is 192 Å². The highest BCUT2D eigenvalue weighted by Crippen LogP contribution is 2.52. The molecule has 186 valence electrons. The minimum Gasteiger partial charge on any atom is -0.443 e. The number of epoxide rings is 1. The van der Waals surface area contributed by atoms with Crippen LogP contribution in [0.4, 0.5) is 4.79 Å². The maximum Gasteiger partial charge on any atom is 0.407 e. The fraction of sp³-hybridized carbons (Fsp3) is 0.870. The summed E-state index contributed by atoms with van der Waals surface area (Å²) in [4.78, 5) is 12.4. The molecule has 9 nitrogen and oxygen atoms in total. The van der Waals surface area contributed by atoms with Gasteiger partial charge in [0.25, 0.3) is 0 Å². The van der Waals surface area contributed by atoms with Gasteiger partial charge in [0, 0.05) is 26.1 Å². The van der Waals surface area contributed by atoms with Crippen molar-refractivity contribution in [3.8, 4) is 0 Å². The number of carbonyl (C=O) groups excluding carboxylic acids is 1. The molecule has 2 fully saturated rings. The molecule has 1 saturated heterocycles. The van der Waals surface area contributed by atoms with E-state index >= 15 is 0 Å². The summed E-state index contributed by atoms with van der Waals surface area (Å²) in [6.07, 6.45) is 2.36. The van der Waals surface area contributed by atoms with E-state index in [1.54, 1.807) is 7.11 Å². The first-order chi connectivity index (χ1) is 15.3. The van der Waals surface area contributed by atoms with Crippen molar-refractivity contribution in [1.82, 2.24) is 5.32 Å². The topological polar surface area (TPSA) is 114 Å². The summed E-state index contributed by atoms with van der Waals surface area (Å²) in [5.74, 6) is -0.0611. The lowest BCUT2D eigenvalue weighted by molar-refractivity contribution is -0.172. The maximum absolute atomic E-state index is 12.4. The summed E-state index contributed by atoms with van der Waals surface area (Å²) in [5, 5.41) is 2.74. The van der Waals surface area contributed by atoms with Gasteiger partial charge in [-0.05, 0) is 40.5 Å². The van der Waals surface area contributed by atoms with Crippen molar-refractivity contribution in [1.29, 1.82) is 0 Å². The number of hydrogen-bond donors (Lipinski definition) is 2. The Kier molecular flexibility index (Phi) is 10.9. The monoisotopic (exact) mass is 458 g/mol. The number of hydrogen-bond acceptors (Lipinski definition) is 8. The van der Waals surface area contributed by atoms with E-state index in [0.29, 0.717) is 59.2 Å². The Morgan fingerprint density at radius 2 is 1.91 bits per heavy atom. The summed E-state index contributed by atoms with van der Waals surface area (Å²) >= 11 is 0. The number of ether oxygens (including phenoxy) is 6. The Hall–Kier alpha value is -1.23. The second-order valence-corrected chi connectivity index (χ2v) is 9.15. The first-order valence-electron chi connectivity index (χ1n) is 11.5. The Morgan fingerprint density at radius 3 is 2.50 bits per heavy atom. The van der Waals surface area contributed by atoms with Crippen molar-refractivity contribution in [3.05, 3.63) is 11.6 Å². The van der Waals surface area contributed by atoms with E-state index in [0.717, 1.165) is 6.42 Å². The fourth-order valence-corrected chi connectivity index (χ4v) is 4.40. The van der Waals surface area contributed by atoms with E-state index in [2.05, 4.69) is 25.2 Å². The lowest BCUT2D eigenvalue weighted by atomic mass is 9.68. The number of methoxy groups -OCH3 is 1. The smallest absolute Gasteiger partial charge is 0.407 e. The van der Waals surface area contributed by atoms with Gasteiger partial charge in [-0.25, -0.2) is 4.79 Å². The molecule has 1 amide bonds.